The lowest BCUT2D eigenvalue weighted by atomic mass is 10.1. The molecule has 0 amide bonds. The summed E-state index contributed by atoms with van der Waals surface area (Å²) in [5.74, 6) is 1.94. The van der Waals surface area contributed by atoms with Crippen molar-refractivity contribution in [3.63, 3.8) is 0 Å². The normalized spacial score (nSPS) is 12.1. The van der Waals surface area contributed by atoms with E-state index >= 15 is 0 Å². The summed E-state index contributed by atoms with van der Waals surface area (Å²) in [6.45, 7) is 0.343. The molecule has 0 spiro atoms. The van der Waals surface area contributed by atoms with Gasteiger partial charge in [-0.05, 0) is 0 Å². The van der Waals surface area contributed by atoms with Gasteiger partial charge < -0.3 is 24.7 Å². The molecule has 1 atom stereocenters. The van der Waals surface area contributed by atoms with Crippen LogP contribution in [-0.4, -0.2) is 35.0 Å². The number of hydrogen-bond donors (Lipinski definition) is 1. The van der Waals surface area contributed by atoms with Crippen molar-refractivity contribution in [1.82, 2.24) is 0 Å². The largest absolute Gasteiger partial charge is 0.496 e. The van der Waals surface area contributed by atoms with E-state index in [0.29, 0.717) is 23.8 Å². The minimum absolute atomic E-state index is 0.272. The zero-order valence-corrected chi connectivity index (χ0v) is 10.6. The maximum atomic E-state index is 5.67. The van der Waals surface area contributed by atoms with E-state index in [0.717, 1.165) is 5.56 Å². The molecule has 0 aliphatic carbocycles. The van der Waals surface area contributed by atoms with E-state index in [2.05, 4.69) is 0 Å². The van der Waals surface area contributed by atoms with Crippen LogP contribution in [0.5, 0.6) is 17.2 Å². The van der Waals surface area contributed by atoms with Crippen molar-refractivity contribution in [1.29, 1.82) is 0 Å². The summed E-state index contributed by atoms with van der Waals surface area (Å²) in [5.41, 5.74) is 6.46. The highest BCUT2D eigenvalue weighted by Crippen LogP contribution is 2.38. The molecule has 1 aromatic carbocycles. The highest BCUT2D eigenvalue weighted by atomic mass is 16.5. The topological polar surface area (TPSA) is 62.9 Å². The monoisotopic (exact) mass is 241 g/mol. The van der Waals surface area contributed by atoms with E-state index in [1.807, 2.05) is 0 Å². The lowest BCUT2D eigenvalue weighted by molar-refractivity contribution is 0.105. The van der Waals surface area contributed by atoms with Gasteiger partial charge in [0, 0.05) is 25.8 Å². The summed E-state index contributed by atoms with van der Waals surface area (Å²) in [6.07, 6.45) is -0.272. The average molecular weight is 241 g/mol. The van der Waals surface area contributed by atoms with Crippen LogP contribution in [0.1, 0.15) is 11.7 Å². The zero-order chi connectivity index (χ0) is 12.8. The van der Waals surface area contributed by atoms with Crippen LogP contribution >= 0.6 is 0 Å². The summed E-state index contributed by atoms with van der Waals surface area (Å²) in [7, 11) is 6.35. The number of rotatable bonds is 6. The highest BCUT2D eigenvalue weighted by Gasteiger charge is 2.21. The Morgan fingerprint density at radius 1 is 1.00 bits per heavy atom. The summed E-state index contributed by atoms with van der Waals surface area (Å²) in [6, 6.07) is 3.55. The number of nitrogens with two attached hydrogens (primary N) is 1. The Morgan fingerprint density at radius 2 is 1.53 bits per heavy atom. The van der Waals surface area contributed by atoms with Crippen LogP contribution in [0.25, 0.3) is 0 Å². The molecule has 0 aliphatic heterocycles. The van der Waals surface area contributed by atoms with E-state index < -0.39 is 0 Å². The van der Waals surface area contributed by atoms with Crippen LogP contribution in [0, 0.1) is 0 Å². The third-order valence-corrected chi connectivity index (χ3v) is 2.57. The first kappa shape index (κ1) is 13.6. The van der Waals surface area contributed by atoms with Gasteiger partial charge in [-0.3, -0.25) is 0 Å². The molecule has 0 fully saturated rings. The van der Waals surface area contributed by atoms with Crippen LogP contribution in [0.15, 0.2) is 12.1 Å². The molecule has 5 heteroatoms. The first-order valence-corrected chi connectivity index (χ1v) is 5.24. The van der Waals surface area contributed by atoms with Gasteiger partial charge in [0.05, 0.1) is 26.9 Å². The van der Waals surface area contributed by atoms with Gasteiger partial charge in [-0.25, -0.2) is 0 Å². The molecule has 5 nitrogen and oxygen atoms in total. The quantitative estimate of drug-likeness (QED) is 0.814. The third kappa shape index (κ3) is 2.81. The van der Waals surface area contributed by atoms with Crippen molar-refractivity contribution in [2.24, 2.45) is 5.73 Å². The molecule has 1 unspecified atom stereocenters. The van der Waals surface area contributed by atoms with Crippen molar-refractivity contribution >= 4 is 0 Å². The molecule has 17 heavy (non-hydrogen) atoms. The minimum Gasteiger partial charge on any atom is -0.496 e. The molecule has 0 bridgehead atoms. The maximum absolute atomic E-state index is 5.67. The summed E-state index contributed by atoms with van der Waals surface area (Å²) in [5, 5.41) is 0. The lowest BCUT2D eigenvalue weighted by Gasteiger charge is -2.20. The molecule has 0 aliphatic rings. The van der Waals surface area contributed by atoms with E-state index in [1.54, 1.807) is 40.6 Å². The Kier molecular flexibility index (Phi) is 5.06. The third-order valence-electron chi connectivity index (χ3n) is 2.57. The van der Waals surface area contributed by atoms with Gasteiger partial charge in [-0.15, -0.1) is 0 Å². The first-order valence-electron chi connectivity index (χ1n) is 5.24. The van der Waals surface area contributed by atoms with Gasteiger partial charge >= 0.3 is 0 Å². The number of ether oxygens (including phenoxy) is 4. The molecule has 0 radical (unpaired) electrons. The lowest BCUT2D eigenvalue weighted by Crippen LogP contribution is -2.16. The Balaban J connectivity index is 3.33. The summed E-state index contributed by atoms with van der Waals surface area (Å²) < 4.78 is 21.1. The van der Waals surface area contributed by atoms with Gasteiger partial charge in [0.1, 0.15) is 23.4 Å². The van der Waals surface area contributed by atoms with Gasteiger partial charge in [0.15, 0.2) is 0 Å². The van der Waals surface area contributed by atoms with Gasteiger partial charge in [-0.2, -0.15) is 0 Å². The molecule has 96 valence electrons. The summed E-state index contributed by atoms with van der Waals surface area (Å²) in [4.78, 5) is 0. The molecule has 0 aromatic heterocycles. The average Bonchev–Trinajstić information content (AvgIpc) is 2.39. The van der Waals surface area contributed by atoms with Crippen LogP contribution < -0.4 is 19.9 Å². The Morgan fingerprint density at radius 3 is 1.82 bits per heavy atom. The number of methoxy groups -OCH3 is 4. The molecule has 0 saturated carbocycles. The second-order valence-corrected chi connectivity index (χ2v) is 3.41. The van der Waals surface area contributed by atoms with Crippen LogP contribution in [0.2, 0.25) is 0 Å². The Hall–Kier alpha value is -1.46. The van der Waals surface area contributed by atoms with Crippen LogP contribution in [-0.2, 0) is 4.74 Å². The van der Waals surface area contributed by atoms with E-state index in [1.165, 1.54) is 0 Å². The van der Waals surface area contributed by atoms with Crippen molar-refractivity contribution in [3.05, 3.63) is 17.7 Å². The summed E-state index contributed by atoms with van der Waals surface area (Å²) >= 11 is 0. The minimum atomic E-state index is -0.272. The molecular formula is C12H19NO4. The Labute approximate surface area is 101 Å². The highest BCUT2D eigenvalue weighted by molar-refractivity contribution is 5.52. The second kappa shape index (κ2) is 6.32. The van der Waals surface area contributed by atoms with E-state index in [-0.39, 0.29) is 6.10 Å². The molecule has 0 saturated heterocycles. The first-order chi connectivity index (χ1) is 8.21. The van der Waals surface area contributed by atoms with Gasteiger partial charge in [0.25, 0.3) is 0 Å². The Bertz CT molecular complexity index is 339. The number of benzene rings is 1. The second-order valence-electron chi connectivity index (χ2n) is 3.41. The molecule has 0 heterocycles. The predicted molar refractivity (Wildman–Crippen MR) is 64.9 cm³/mol. The van der Waals surface area contributed by atoms with E-state index in [4.69, 9.17) is 24.7 Å². The molecule has 1 rings (SSSR count). The SMILES string of the molecule is COc1cc(OC)c(C(CN)OC)c(OC)c1. The van der Waals surface area contributed by atoms with Crippen molar-refractivity contribution < 1.29 is 18.9 Å². The van der Waals surface area contributed by atoms with Gasteiger partial charge in [0.2, 0.25) is 0 Å². The van der Waals surface area contributed by atoms with E-state index in [9.17, 15) is 0 Å². The fourth-order valence-electron chi connectivity index (χ4n) is 1.68. The predicted octanol–water partition coefficient (Wildman–Crippen LogP) is 1.36. The molecule has 1 aromatic rings. The fraction of sp³-hybridized carbons (Fsp3) is 0.500. The van der Waals surface area contributed by atoms with Crippen molar-refractivity contribution in [2.45, 2.75) is 6.10 Å². The molecular weight excluding hydrogens is 222 g/mol. The van der Waals surface area contributed by atoms with Crippen molar-refractivity contribution in [3.8, 4) is 17.2 Å². The smallest absolute Gasteiger partial charge is 0.132 e. The number of hydrogen-bond acceptors (Lipinski definition) is 5. The van der Waals surface area contributed by atoms with Crippen LogP contribution in [0.3, 0.4) is 0 Å². The standard InChI is InChI=1S/C12H19NO4/c1-14-8-5-9(15-2)12(10(6-8)16-3)11(7-13)17-4/h5-6,11H,7,13H2,1-4H3. The zero-order valence-electron chi connectivity index (χ0n) is 10.6. The maximum Gasteiger partial charge on any atom is 0.132 e. The molecule has 2 N–H and O–H groups in total. The van der Waals surface area contributed by atoms with Crippen LogP contribution in [0.4, 0.5) is 0 Å². The van der Waals surface area contributed by atoms with Gasteiger partial charge in [-0.1, -0.05) is 0 Å². The van der Waals surface area contributed by atoms with Crippen molar-refractivity contribution in [2.75, 3.05) is 35.0 Å². The fourth-order valence-corrected chi connectivity index (χ4v) is 1.68.